The van der Waals surface area contributed by atoms with E-state index in [0.717, 1.165) is 18.9 Å². The van der Waals surface area contributed by atoms with Crippen LogP contribution in [0.25, 0.3) is 0 Å². The molecule has 1 aromatic heterocycles. The van der Waals surface area contributed by atoms with Gasteiger partial charge in [-0.25, -0.2) is 4.98 Å². The number of imidazole rings is 1. The molecule has 0 saturated heterocycles. The van der Waals surface area contributed by atoms with E-state index in [-0.39, 0.29) is 0 Å². The fourth-order valence-corrected chi connectivity index (χ4v) is 2.53. The smallest absolute Gasteiger partial charge is 0.103 e. The molecule has 3 rings (SSSR count). The van der Waals surface area contributed by atoms with Crippen molar-refractivity contribution in [1.82, 2.24) is 9.97 Å². The van der Waals surface area contributed by atoms with E-state index in [2.05, 4.69) is 39.1 Å². The Morgan fingerprint density at radius 2 is 2.24 bits per heavy atom. The molecule has 1 aliphatic rings. The van der Waals surface area contributed by atoms with Gasteiger partial charge in [0.1, 0.15) is 5.82 Å². The number of aromatic amines is 1. The van der Waals surface area contributed by atoms with Crippen molar-refractivity contribution in [3.63, 3.8) is 0 Å². The van der Waals surface area contributed by atoms with Gasteiger partial charge in [0, 0.05) is 12.2 Å². The largest absolute Gasteiger partial charge is 0.365 e. The van der Waals surface area contributed by atoms with Crippen molar-refractivity contribution in [2.24, 2.45) is 0 Å². The van der Waals surface area contributed by atoms with Crippen molar-refractivity contribution in [1.29, 1.82) is 0 Å². The Morgan fingerprint density at radius 1 is 1.35 bits per heavy atom. The molecule has 0 bridgehead atoms. The van der Waals surface area contributed by atoms with Crippen molar-refractivity contribution in [3.05, 3.63) is 47.5 Å². The van der Waals surface area contributed by atoms with Crippen LogP contribution in [0.4, 0.5) is 5.69 Å². The van der Waals surface area contributed by atoms with Gasteiger partial charge in [0.2, 0.25) is 0 Å². The zero-order valence-electron chi connectivity index (χ0n) is 10.1. The highest BCUT2D eigenvalue weighted by Gasteiger charge is 2.16. The first-order chi connectivity index (χ1) is 8.33. The Bertz CT molecular complexity index is 516. The Balaban J connectivity index is 1.85. The summed E-state index contributed by atoms with van der Waals surface area (Å²) < 4.78 is 0. The highest BCUT2D eigenvalue weighted by atomic mass is 15.1. The molecule has 88 valence electrons. The van der Waals surface area contributed by atoms with E-state index in [1.165, 1.54) is 29.8 Å². The number of anilines is 1. The van der Waals surface area contributed by atoms with Crippen molar-refractivity contribution in [2.75, 3.05) is 11.4 Å². The molecule has 0 aliphatic carbocycles. The SMILES string of the molecule is Cc1ncc(CN2CCCc3ccccc32)[nH]1. The van der Waals surface area contributed by atoms with Gasteiger partial charge in [-0.3, -0.25) is 0 Å². The number of nitrogens with one attached hydrogen (secondary N) is 1. The molecular weight excluding hydrogens is 210 g/mol. The Kier molecular flexibility index (Phi) is 2.59. The number of nitrogens with zero attached hydrogens (tertiary/aromatic N) is 2. The monoisotopic (exact) mass is 227 g/mol. The van der Waals surface area contributed by atoms with Crippen molar-refractivity contribution >= 4 is 5.69 Å². The first-order valence-electron chi connectivity index (χ1n) is 6.16. The zero-order valence-corrected chi connectivity index (χ0v) is 10.1. The second-order valence-electron chi connectivity index (χ2n) is 4.65. The molecule has 0 radical (unpaired) electrons. The maximum Gasteiger partial charge on any atom is 0.103 e. The maximum absolute atomic E-state index is 4.26. The number of H-pyrrole nitrogens is 1. The fraction of sp³-hybridized carbons (Fsp3) is 0.357. The van der Waals surface area contributed by atoms with Gasteiger partial charge in [-0.2, -0.15) is 0 Å². The van der Waals surface area contributed by atoms with Crippen LogP contribution < -0.4 is 4.90 Å². The number of hydrogen-bond acceptors (Lipinski definition) is 2. The maximum atomic E-state index is 4.26. The van der Waals surface area contributed by atoms with Crippen LogP contribution in [-0.4, -0.2) is 16.5 Å². The minimum absolute atomic E-state index is 0.928. The summed E-state index contributed by atoms with van der Waals surface area (Å²) in [4.78, 5) is 9.99. The number of fused-ring (bicyclic) bond motifs is 1. The molecule has 2 aromatic rings. The number of hydrogen-bond donors (Lipinski definition) is 1. The molecule has 0 spiro atoms. The highest BCUT2D eigenvalue weighted by molar-refractivity contribution is 5.55. The van der Waals surface area contributed by atoms with Gasteiger partial charge in [0.25, 0.3) is 0 Å². The Labute approximate surface area is 101 Å². The zero-order chi connectivity index (χ0) is 11.7. The molecule has 17 heavy (non-hydrogen) atoms. The van der Waals surface area contributed by atoms with Crippen LogP contribution >= 0.6 is 0 Å². The highest BCUT2D eigenvalue weighted by Crippen LogP contribution is 2.27. The number of rotatable bonds is 2. The summed E-state index contributed by atoms with van der Waals surface area (Å²) >= 11 is 0. The van der Waals surface area contributed by atoms with Crippen LogP contribution in [0, 0.1) is 6.92 Å². The van der Waals surface area contributed by atoms with Gasteiger partial charge in [0.15, 0.2) is 0 Å². The lowest BCUT2D eigenvalue weighted by Crippen LogP contribution is -2.28. The molecular formula is C14H17N3. The van der Waals surface area contributed by atoms with E-state index in [1.807, 2.05) is 13.1 Å². The first kappa shape index (κ1) is 10.4. The van der Waals surface area contributed by atoms with Gasteiger partial charge >= 0.3 is 0 Å². The molecule has 3 nitrogen and oxygen atoms in total. The molecule has 2 heterocycles. The lowest BCUT2D eigenvalue weighted by atomic mass is 10.0. The summed E-state index contributed by atoms with van der Waals surface area (Å²) in [6.45, 7) is 4.06. The lowest BCUT2D eigenvalue weighted by Gasteiger charge is -2.30. The second-order valence-corrected chi connectivity index (χ2v) is 4.65. The average molecular weight is 227 g/mol. The van der Waals surface area contributed by atoms with E-state index >= 15 is 0 Å². The van der Waals surface area contributed by atoms with E-state index in [4.69, 9.17) is 0 Å². The Hall–Kier alpha value is -1.77. The normalized spacial score (nSPS) is 14.8. The molecule has 0 amide bonds. The topological polar surface area (TPSA) is 31.9 Å². The van der Waals surface area contributed by atoms with Gasteiger partial charge in [-0.05, 0) is 31.4 Å². The average Bonchev–Trinajstić information content (AvgIpc) is 2.75. The molecule has 1 aromatic carbocycles. The number of aryl methyl sites for hydroxylation is 2. The Morgan fingerprint density at radius 3 is 3.06 bits per heavy atom. The molecule has 1 N–H and O–H groups in total. The fourth-order valence-electron chi connectivity index (χ4n) is 2.53. The number of aromatic nitrogens is 2. The van der Waals surface area contributed by atoms with Crippen LogP contribution in [0.5, 0.6) is 0 Å². The van der Waals surface area contributed by atoms with Crippen molar-refractivity contribution in [3.8, 4) is 0 Å². The molecule has 3 heteroatoms. The van der Waals surface area contributed by atoms with Crippen LogP contribution in [0.1, 0.15) is 23.5 Å². The van der Waals surface area contributed by atoms with E-state index in [1.54, 1.807) is 0 Å². The quantitative estimate of drug-likeness (QED) is 0.855. The van der Waals surface area contributed by atoms with Gasteiger partial charge in [0.05, 0.1) is 18.4 Å². The van der Waals surface area contributed by atoms with Crippen LogP contribution in [-0.2, 0) is 13.0 Å². The van der Waals surface area contributed by atoms with Crippen LogP contribution in [0.3, 0.4) is 0 Å². The van der Waals surface area contributed by atoms with E-state index in [9.17, 15) is 0 Å². The third kappa shape index (κ3) is 2.05. The van der Waals surface area contributed by atoms with E-state index < -0.39 is 0 Å². The summed E-state index contributed by atoms with van der Waals surface area (Å²) in [5, 5.41) is 0. The number of benzene rings is 1. The second kappa shape index (κ2) is 4.24. The van der Waals surface area contributed by atoms with Gasteiger partial charge in [-0.15, -0.1) is 0 Å². The molecule has 0 unspecified atom stereocenters. The minimum Gasteiger partial charge on any atom is -0.365 e. The summed E-state index contributed by atoms with van der Waals surface area (Å²) in [6, 6.07) is 8.70. The molecule has 0 fully saturated rings. The molecule has 0 atom stereocenters. The predicted molar refractivity (Wildman–Crippen MR) is 69.1 cm³/mol. The predicted octanol–water partition coefficient (Wildman–Crippen LogP) is 2.67. The van der Waals surface area contributed by atoms with Crippen LogP contribution in [0.2, 0.25) is 0 Å². The summed E-state index contributed by atoms with van der Waals surface area (Å²) in [7, 11) is 0. The van der Waals surface area contributed by atoms with Gasteiger partial charge < -0.3 is 9.88 Å². The summed E-state index contributed by atoms with van der Waals surface area (Å²) in [5.41, 5.74) is 4.04. The standard InChI is InChI=1S/C14H17N3/c1-11-15-9-13(16-11)10-17-8-4-6-12-5-2-3-7-14(12)17/h2-3,5,7,9H,4,6,8,10H2,1H3,(H,15,16). The summed E-state index contributed by atoms with van der Waals surface area (Å²) in [5.74, 6) is 0.991. The summed E-state index contributed by atoms with van der Waals surface area (Å²) in [6.07, 6.45) is 4.38. The third-order valence-electron chi connectivity index (χ3n) is 3.32. The van der Waals surface area contributed by atoms with Crippen molar-refractivity contribution < 1.29 is 0 Å². The first-order valence-corrected chi connectivity index (χ1v) is 6.16. The van der Waals surface area contributed by atoms with Gasteiger partial charge in [-0.1, -0.05) is 18.2 Å². The lowest BCUT2D eigenvalue weighted by molar-refractivity contribution is 0.685. The molecule has 1 aliphatic heterocycles. The molecule has 0 saturated carbocycles. The number of para-hydroxylation sites is 1. The van der Waals surface area contributed by atoms with E-state index in [0.29, 0.717) is 0 Å². The van der Waals surface area contributed by atoms with Crippen LogP contribution in [0.15, 0.2) is 30.5 Å². The minimum atomic E-state index is 0.928. The third-order valence-corrected chi connectivity index (χ3v) is 3.32. The van der Waals surface area contributed by atoms with Crippen molar-refractivity contribution in [2.45, 2.75) is 26.3 Å².